The van der Waals surface area contributed by atoms with E-state index >= 15 is 4.57 Å². The van der Waals surface area contributed by atoms with E-state index in [0.29, 0.717) is 5.82 Å². The van der Waals surface area contributed by atoms with Crippen molar-refractivity contribution in [2.24, 2.45) is 0 Å². The van der Waals surface area contributed by atoms with Crippen molar-refractivity contribution in [1.82, 2.24) is 14.5 Å². The average molecular weight is 798 g/mol. The number of hydrogen-bond donors (Lipinski definition) is 0. The second kappa shape index (κ2) is 14.0. The molecular weight excluding hydrogens is 762 g/mol. The molecule has 0 amide bonds. The molecule has 0 bridgehead atoms. The van der Waals surface area contributed by atoms with Gasteiger partial charge in [0.25, 0.3) is 0 Å². The highest BCUT2D eigenvalue weighted by Gasteiger charge is 2.41. The van der Waals surface area contributed by atoms with Gasteiger partial charge in [-0.25, -0.2) is 9.97 Å². The van der Waals surface area contributed by atoms with Crippen molar-refractivity contribution in [1.29, 1.82) is 0 Å². The van der Waals surface area contributed by atoms with E-state index in [2.05, 4.69) is 168 Å². The molecule has 2 aromatic heterocycles. The lowest BCUT2D eigenvalue weighted by molar-refractivity contribution is 0.593. The summed E-state index contributed by atoms with van der Waals surface area (Å²) in [5.74, 6) is 1.36. The summed E-state index contributed by atoms with van der Waals surface area (Å²) in [6.45, 7) is 0. The maximum absolute atomic E-state index is 15.9. The van der Waals surface area contributed by atoms with Crippen LogP contribution in [0.4, 0.5) is 0 Å². The maximum Gasteiger partial charge on any atom is 0.172 e. The summed E-state index contributed by atoms with van der Waals surface area (Å²) < 4.78 is 18.1. The highest BCUT2D eigenvalue weighted by Crippen LogP contribution is 2.54. The SMILES string of the molecule is O=P1(c2ccccc2)c2ccccc2-c2cc3c4c5ccccc5ccc4n(-c4cc(-c5ccc(-c6ccccc6)cc5)nc(-c5ccc(-c6ccccc6)cc5)n4)c3cc21. The normalized spacial score (nSPS) is 14.4. The third-order valence-electron chi connectivity index (χ3n) is 12.2. The summed E-state index contributed by atoms with van der Waals surface area (Å²) in [6.07, 6.45) is 0. The minimum Gasteiger partial charge on any atom is -0.309 e. The first-order valence-electron chi connectivity index (χ1n) is 20.6. The monoisotopic (exact) mass is 797 g/mol. The second-order valence-corrected chi connectivity index (χ2v) is 18.4. The Morgan fingerprint density at radius 1 is 0.393 bits per heavy atom. The maximum atomic E-state index is 15.9. The van der Waals surface area contributed by atoms with E-state index in [0.717, 1.165) is 105 Å². The zero-order valence-corrected chi connectivity index (χ0v) is 33.9. The molecule has 3 heterocycles. The number of benzene rings is 9. The zero-order chi connectivity index (χ0) is 40.5. The molecule has 0 fully saturated rings. The molecule has 0 N–H and O–H groups in total. The van der Waals surface area contributed by atoms with Crippen LogP contribution in [-0.4, -0.2) is 14.5 Å². The number of aromatic nitrogens is 3. The van der Waals surface area contributed by atoms with E-state index in [4.69, 9.17) is 9.97 Å². The second-order valence-electron chi connectivity index (χ2n) is 15.7. The van der Waals surface area contributed by atoms with Crippen LogP contribution in [-0.2, 0) is 4.57 Å². The van der Waals surface area contributed by atoms with Crippen molar-refractivity contribution in [2.75, 3.05) is 0 Å². The van der Waals surface area contributed by atoms with E-state index in [9.17, 15) is 0 Å². The first-order valence-corrected chi connectivity index (χ1v) is 22.3. The summed E-state index contributed by atoms with van der Waals surface area (Å²) in [6, 6.07) is 75.7. The van der Waals surface area contributed by atoms with Crippen molar-refractivity contribution in [3.8, 4) is 61.8 Å². The Bertz CT molecular complexity index is 3420. The third kappa shape index (κ3) is 5.64. The van der Waals surface area contributed by atoms with Crippen LogP contribution in [0.1, 0.15) is 0 Å². The molecule has 0 aliphatic carbocycles. The van der Waals surface area contributed by atoms with Crippen LogP contribution in [0.3, 0.4) is 0 Å². The van der Waals surface area contributed by atoms with Gasteiger partial charge in [-0.1, -0.05) is 194 Å². The fraction of sp³-hybridized carbons (Fsp3) is 0. The summed E-state index contributed by atoms with van der Waals surface area (Å²) >= 11 is 0. The van der Waals surface area contributed by atoms with Crippen LogP contribution >= 0.6 is 7.14 Å². The van der Waals surface area contributed by atoms with Crippen LogP contribution in [0.2, 0.25) is 0 Å². The van der Waals surface area contributed by atoms with Crippen LogP contribution < -0.4 is 15.9 Å². The van der Waals surface area contributed by atoms with Crippen molar-refractivity contribution in [3.63, 3.8) is 0 Å². The van der Waals surface area contributed by atoms with Gasteiger partial charge in [0.2, 0.25) is 0 Å². The summed E-state index contributed by atoms with van der Waals surface area (Å²) in [7, 11) is -3.23. The molecule has 4 nitrogen and oxygen atoms in total. The van der Waals surface area contributed by atoms with Gasteiger partial charge in [-0.3, -0.25) is 4.57 Å². The zero-order valence-electron chi connectivity index (χ0n) is 33.0. The topological polar surface area (TPSA) is 47.8 Å². The van der Waals surface area contributed by atoms with Gasteiger partial charge in [0.1, 0.15) is 5.82 Å². The van der Waals surface area contributed by atoms with Gasteiger partial charge in [-0.05, 0) is 62.4 Å². The highest BCUT2D eigenvalue weighted by molar-refractivity contribution is 7.86. The number of rotatable bonds is 6. The van der Waals surface area contributed by atoms with E-state index < -0.39 is 7.14 Å². The standard InChI is InChI=1S/C56H36N3OP/c60-61(44-19-8-3-9-20-44)52-23-13-12-22-46(52)47-34-48-51(36-53(47)61)59(50-33-32-41-18-10-11-21-45(41)55(48)50)54-35-49(42-28-24-39(25-29-42)37-14-4-1-5-15-37)57-56(58-54)43-30-26-40(27-31-43)38-16-6-2-7-17-38/h1-36H. The van der Waals surface area contributed by atoms with E-state index in [1.807, 2.05) is 54.6 Å². The molecule has 0 saturated carbocycles. The lowest BCUT2D eigenvalue weighted by Gasteiger charge is -2.16. The predicted octanol–water partition coefficient (Wildman–Crippen LogP) is 13.0. The molecule has 1 atom stereocenters. The fourth-order valence-corrected chi connectivity index (χ4v) is 12.4. The predicted molar refractivity (Wildman–Crippen MR) is 254 cm³/mol. The fourth-order valence-electron chi connectivity index (χ4n) is 9.30. The molecular formula is C56H36N3OP. The first kappa shape index (κ1) is 35.3. The summed E-state index contributed by atoms with van der Waals surface area (Å²) in [5.41, 5.74) is 11.3. The molecule has 5 heteroatoms. The van der Waals surface area contributed by atoms with Crippen molar-refractivity contribution in [2.45, 2.75) is 0 Å². The Labute approximate surface area is 353 Å². The first-order chi connectivity index (χ1) is 30.1. The molecule has 1 unspecified atom stereocenters. The Kier molecular flexibility index (Phi) is 8.09. The quantitative estimate of drug-likeness (QED) is 0.157. The largest absolute Gasteiger partial charge is 0.309 e. The average Bonchev–Trinajstić information content (AvgIpc) is 3.81. The Morgan fingerprint density at radius 2 is 0.967 bits per heavy atom. The lowest BCUT2D eigenvalue weighted by Crippen LogP contribution is -2.20. The summed E-state index contributed by atoms with van der Waals surface area (Å²) in [4.78, 5) is 10.7. The Balaban J connectivity index is 1.13. The van der Waals surface area contributed by atoms with Gasteiger partial charge in [-0.15, -0.1) is 0 Å². The molecule has 1 aliphatic rings. The van der Waals surface area contributed by atoms with Crippen molar-refractivity contribution < 1.29 is 4.57 Å². The van der Waals surface area contributed by atoms with Crippen LogP contribution in [0, 0.1) is 0 Å². The molecule has 1 aliphatic heterocycles. The number of nitrogens with zero attached hydrogens (tertiary/aromatic N) is 3. The molecule has 286 valence electrons. The lowest BCUT2D eigenvalue weighted by atomic mass is 10.0. The summed E-state index contributed by atoms with van der Waals surface area (Å²) in [5, 5.41) is 7.10. The molecule has 0 saturated heterocycles. The minimum atomic E-state index is -3.23. The van der Waals surface area contributed by atoms with Crippen LogP contribution in [0.5, 0.6) is 0 Å². The van der Waals surface area contributed by atoms with E-state index in [-0.39, 0.29) is 0 Å². The van der Waals surface area contributed by atoms with Crippen LogP contribution in [0.15, 0.2) is 218 Å². The van der Waals surface area contributed by atoms with Gasteiger partial charge in [-0.2, -0.15) is 0 Å². The Hall–Kier alpha value is -7.65. The van der Waals surface area contributed by atoms with E-state index in [1.54, 1.807) is 0 Å². The van der Waals surface area contributed by atoms with Crippen molar-refractivity contribution >= 4 is 55.6 Å². The van der Waals surface area contributed by atoms with Crippen LogP contribution in [0.25, 0.3) is 94.4 Å². The van der Waals surface area contributed by atoms with Gasteiger partial charge in [0.15, 0.2) is 13.0 Å². The van der Waals surface area contributed by atoms with Gasteiger partial charge >= 0.3 is 0 Å². The number of hydrogen-bond acceptors (Lipinski definition) is 3. The van der Waals surface area contributed by atoms with Crippen molar-refractivity contribution in [3.05, 3.63) is 218 Å². The van der Waals surface area contributed by atoms with E-state index in [1.165, 1.54) is 0 Å². The molecule has 11 aromatic rings. The smallest absolute Gasteiger partial charge is 0.172 e. The highest BCUT2D eigenvalue weighted by atomic mass is 31.2. The van der Waals surface area contributed by atoms with Gasteiger partial charge < -0.3 is 4.57 Å². The minimum absolute atomic E-state index is 0.624. The number of fused-ring (bicyclic) bond motifs is 8. The molecule has 0 spiro atoms. The van der Waals surface area contributed by atoms with Gasteiger partial charge in [0.05, 0.1) is 16.7 Å². The third-order valence-corrected chi connectivity index (χ3v) is 15.4. The molecule has 0 radical (unpaired) electrons. The Morgan fingerprint density at radius 3 is 1.67 bits per heavy atom. The van der Waals surface area contributed by atoms with Gasteiger partial charge in [0, 0.05) is 43.9 Å². The molecule has 9 aromatic carbocycles. The molecule has 61 heavy (non-hydrogen) atoms. The molecule has 12 rings (SSSR count).